The van der Waals surface area contributed by atoms with E-state index in [1.54, 1.807) is 11.8 Å². The van der Waals surface area contributed by atoms with Gasteiger partial charge < -0.3 is 14.6 Å². The standard InChI is InChI=1S/C18H18BrNO4S/c19-12-6-7-16(24-9-8-23-13-4-2-1-3-5-13)14(10-12)17-20-15(11-25-17)18(21)22/h1-7,10,15,17,20H,8-9,11H2,(H,21,22). The highest BCUT2D eigenvalue weighted by molar-refractivity contribution is 9.10. The predicted octanol–water partition coefficient (Wildman–Crippen LogP) is 3.70. The van der Waals surface area contributed by atoms with Crippen LogP contribution in [0.1, 0.15) is 10.9 Å². The molecule has 0 radical (unpaired) electrons. The topological polar surface area (TPSA) is 67.8 Å². The van der Waals surface area contributed by atoms with Gasteiger partial charge in [0.25, 0.3) is 0 Å². The van der Waals surface area contributed by atoms with Crippen molar-refractivity contribution < 1.29 is 19.4 Å². The van der Waals surface area contributed by atoms with Gasteiger partial charge in [0.15, 0.2) is 0 Å². The zero-order valence-corrected chi connectivity index (χ0v) is 15.8. The van der Waals surface area contributed by atoms with Crippen molar-refractivity contribution in [2.24, 2.45) is 0 Å². The molecule has 1 aliphatic heterocycles. The Bertz CT molecular complexity index is 728. The molecule has 2 unspecified atom stereocenters. The SMILES string of the molecule is O=C(O)C1CSC(c2cc(Br)ccc2OCCOc2ccccc2)N1. The minimum Gasteiger partial charge on any atom is -0.490 e. The highest BCUT2D eigenvalue weighted by atomic mass is 79.9. The molecule has 3 rings (SSSR count). The van der Waals surface area contributed by atoms with Gasteiger partial charge in [0.1, 0.15) is 30.8 Å². The first-order valence-corrected chi connectivity index (χ1v) is 9.68. The third kappa shape index (κ3) is 4.90. The zero-order chi connectivity index (χ0) is 17.6. The van der Waals surface area contributed by atoms with E-state index in [0.29, 0.717) is 19.0 Å². The molecular weight excluding hydrogens is 406 g/mol. The quantitative estimate of drug-likeness (QED) is 0.661. The lowest BCUT2D eigenvalue weighted by Gasteiger charge is -2.17. The number of para-hydroxylation sites is 1. The Kier molecular flexibility index (Phi) is 6.23. The molecule has 0 amide bonds. The number of carboxylic acids is 1. The summed E-state index contributed by atoms with van der Waals surface area (Å²) in [5.41, 5.74) is 0.933. The summed E-state index contributed by atoms with van der Waals surface area (Å²) < 4.78 is 12.4. The number of benzene rings is 2. The third-order valence-electron chi connectivity index (χ3n) is 3.69. The molecule has 2 N–H and O–H groups in total. The van der Waals surface area contributed by atoms with Gasteiger partial charge >= 0.3 is 5.97 Å². The molecule has 132 valence electrons. The van der Waals surface area contributed by atoms with Crippen LogP contribution in [0.2, 0.25) is 0 Å². The van der Waals surface area contributed by atoms with Crippen LogP contribution in [0.3, 0.4) is 0 Å². The molecule has 1 aliphatic rings. The molecular formula is C18H18BrNO4S. The summed E-state index contributed by atoms with van der Waals surface area (Å²) >= 11 is 5.03. The molecule has 0 spiro atoms. The molecule has 1 heterocycles. The fraction of sp³-hybridized carbons (Fsp3) is 0.278. The van der Waals surface area contributed by atoms with Gasteiger partial charge in [-0.15, -0.1) is 11.8 Å². The number of hydrogen-bond acceptors (Lipinski definition) is 5. The Balaban J connectivity index is 1.60. The van der Waals surface area contributed by atoms with E-state index >= 15 is 0 Å². The third-order valence-corrected chi connectivity index (χ3v) is 5.43. The molecule has 5 nitrogen and oxygen atoms in total. The number of ether oxygens (including phenoxy) is 2. The van der Waals surface area contributed by atoms with E-state index < -0.39 is 12.0 Å². The van der Waals surface area contributed by atoms with Crippen LogP contribution in [0.5, 0.6) is 11.5 Å². The van der Waals surface area contributed by atoms with Crippen LogP contribution < -0.4 is 14.8 Å². The molecule has 2 atom stereocenters. The Labute approximate surface area is 158 Å². The van der Waals surface area contributed by atoms with Crippen LogP contribution in [0.4, 0.5) is 0 Å². The van der Waals surface area contributed by atoms with Gasteiger partial charge in [0.2, 0.25) is 0 Å². The number of halogens is 1. The second-order valence-corrected chi connectivity index (χ2v) is 7.52. The summed E-state index contributed by atoms with van der Waals surface area (Å²) in [5, 5.41) is 12.2. The average molecular weight is 424 g/mol. The number of carbonyl (C=O) groups is 1. The summed E-state index contributed by atoms with van der Waals surface area (Å²) in [6.45, 7) is 0.839. The van der Waals surface area contributed by atoms with Crippen molar-refractivity contribution in [2.45, 2.75) is 11.4 Å². The summed E-state index contributed by atoms with van der Waals surface area (Å²) in [7, 11) is 0. The van der Waals surface area contributed by atoms with Gasteiger partial charge in [-0.3, -0.25) is 10.1 Å². The maximum atomic E-state index is 11.1. The lowest BCUT2D eigenvalue weighted by atomic mass is 10.2. The van der Waals surface area contributed by atoms with Crippen LogP contribution in [0, 0.1) is 0 Å². The first-order valence-electron chi connectivity index (χ1n) is 7.84. The Morgan fingerprint density at radius 1 is 1.20 bits per heavy atom. The first-order chi connectivity index (χ1) is 12.1. The van der Waals surface area contributed by atoms with Crippen LogP contribution in [0.25, 0.3) is 0 Å². The summed E-state index contributed by atoms with van der Waals surface area (Å²) in [6, 6.07) is 14.8. The molecule has 0 aliphatic carbocycles. The maximum absolute atomic E-state index is 11.1. The molecule has 2 aromatic carbocycles. The maximum Gasteiger partial charge on any atom is 0.321 e. The van der Waals surface area contributed by atoms with E-state index in [2.05, 4.69) is 21.2 Å². The number of aliphatic carboxylic acids is 1. The second-order valence-electron chi connectivity index (χ2n) is 5.46. The van der Waals surface area contributed by atoms with E-state index in [4.69, 9.17) is 14.6 Å². The molecule has 0 aromatic heterocycles. The Morgan fingerprint density at radius 2 is 1.96 bits per heavy atom. The summed E-state index contributed by atoms with van der Waals surface area (Å²) in [5.74, 6) is 1.24. The van der Waals surface area contributed by atoms with Crippen molar-refractivity contribution in [1.82, 2.24) is 5.32 Å². The fourth-order valence-electron chi connectivity index (χ4n) is 2.48. The monoisotopic (exact) mass is 423 g/mol. The summed E-state index contributed by atoms with van der Waals surface area (Å²) in [4.78, 5) is 11.1. The Morgan fingerprint density at radius 3 is 2.68 bits per heavy atom. The highest BCUT2D eigenvalue weighted by Crippen LogP contribution is 2.39. The van der Waals surface area contributed by atoms with Gasteiger partial charge in [0, 0.05) is 15.8 Å². The lowest BCUT2D eigenvalue weighted by Crippen LogP contribution is -2.33. The molecule has 7 heteroatoms. The largest absolute Gasteiger partial charge is 0.490 e. The van der Waals surface area contributed by atoms with E-state index in [0.717, 1.165) is 21.5 Å². The van der Waals surface area contributed by atoms with Crippen LogP contribution in [-0.4, -0.2) is 36.1 Å². The minimum absolute atomic E-state index is 0.108. The van der Waals surface area contributed by atoms with Crippen molar-refractivity contribution in [3.8, 4) is 11.5 Å². The molecule has 0 bridgehead atoms. The number of nitrogens with one attached hydrogen (secondary N) is 1. The smallest absolute Gasteiger partial charge is 0.321 e. The molecule has 2 aromatic rings. The number of carboxylic acid groups (broad SMARTS) is 1. The average Bonchev–Trinajstić information content (AvgIpc) is 3.11. The number of rotatable bonds is 7. The van der Waals surface area contributed by atoms with E-state index in [1.807, 2.05) is 48.5 Å². The van der Waals surface area contributed by atoms with Crippen LogP contribution in [0.15, 0.2) is 53.0 Å². The van der Waals surface area contributed by atoms with E-state index in [1.165, 1.54) is 0 Å². The molecule has 1 saturated heterocycles. The first kappa shape index (κ1) is 18.1. The van der Waals surface area contributed by atoms with Gasteiger partial charge in [0.05, 0.1) is 5.37 Å². The fourth-order valence-corrected chi connectivity index (χ4v) is 4.10. The normalized spacial score (nSPS) is 19.6. The minimum atomic E-state index is -0.830. The van der Waals surface area contributed by atoms with Gasteiger partial charge in [-0.05, 0) is 30.3 Å². The Hall–Kier alpha value is -1.70. The van der Waals surface area contributed by atoms with E-state index in [-0.39, 0.29) is 5.37 Å². The number of thioether (sulfide) groups is 1. The van der Waals surface area contributed by atoms with Crippen molar-refractivity contribution >= 4 is 33.7 Å². The van der Waals surface area contributed by atoms with Crippen molar-refractivity contribution in [2.75, 3.05) is 19.0 Å². The van der Waals surface area contributed by atoms with Gasteiger partial charge in [-0.25, -0.2) is 0 Å². The van der Waals surface area contributed by atoms with Crippen molar-refractivity contribution in [1.29, 1.82) is 0 Å². The molecule has 25 heavy (non-hydrogen) atoms. The van der Waals surface area contributed by atoms with Crippen molar-refractivity contribution in [3.63, 3.8) is 0 Å². The summed E-state index contributed by atoms with van der Waals surface area (Å²) in [6.07, 6.45) is 0. The lowest BCUT2D eigenvalue weighted by molar-refractivity contribution is -0.138. The van der Waals surface area contributed by atoms with Gasteiger partial charge in [-0.1, -0.05) is 34.1 Å². The molecule has 1 fully saturated rings. The molecule has 0 saturated carbocycles. The highest BCUT2D eigenvalue weighted by Gasteiger charge is 2.32. The number of hydrogen-bond donors (Lipinski definition) is 2. The second kappa shape index (κ2) is 8.60. The van der Waals surface area contributed by atoms with Crippen LogP contribution in [-0.2, 0) is 4.79 Å². The van der Waals surface area contributed by atoms with E-state index in [9.17, 15) is 4.79 Å². The zero-order valence-electron chi connectivity index (χ0n) is 13.4. The predicted molar refractivity (Wildman–Crippen MR) is 101 cm³/mol. The van der Waals surface area contributed by atoms with Gasteiger partial charge in [-0.2, -0.15) is 0 Å². The van der Waals surface area contributed by atoms with Crippen LogP contribution >= 0.6 is 27.7 Å². The van der Waals surface area contributed by atoms with Crippen molar-refractivity contribution in [3.05, 3.63) is 58.6 Å².